The highest BCUT2D eigenvalue weighted by atomic mass is 35.5. The lowest BCUT2D eigenvalue weighted by atomic mass is 10.1. The minimum Gasteiger partial charge on any atom is -0.489 e. The van der Waals surface area contributed by atoms with Gasteiger partial charge in [-0.05, 0) is 48.4 Å². The maximum atomic E-state index is 12.7. The van der Waals surface area contributed by atoms with Crippen molar-refractivity contribution in [1.29, 1.82) is 0 Å². The molecule has 0 fully saturated rings. The van der Waals surface area contributed by atoms with Gasteiger partial charge in [-0.1, -0.05) is 24.3 Å². The highest BCUT2D eigenvalue weighted by Gasteiger charge is 1.97. The summed E-state index contributed by atoms with van der Waals surface area (Å²) in [7, 11) is 0. The first-order valence-corrected chi connectivity index (χ1v) is 5.94. The summed E-state index contributed by atoms with van der Waals surface area (Å²) >= 11 is 0. The molecule has 0 unspecified atom stereocenters. The van der Waals surface area contributed by atoms with E-state index in [1.165, 1.54) is 17.7 Å². The third kappa shape index (κ3) is 4.89. The summed E-state index contributed by atoms with van der Waals surface area (Å²) in [6.07, 6.45) is 0.873. The quantitative estimate of drug-likeness (QED) is 0.912. The Morgan fingerprint density at radius 1 is 0.895 bits per heavy atom. The average molecular weight is 282 g/mol. The topological polar surface area (TPSA) is 35.2 Å². The van der Waals surface area contributed by atoms with Gasteiger partial charge in [-0.15, -0.1) is 12.4 Å². The molecule has 102 valence electrons. The summed E-state index contributed by atoms with van der Waals surface area (Å²) in [6, 6.07) is 14.2. The van der Waals surface area contributed by atoms with Crippen molar-refractivity contribution in [2.75, 3.05) is 6.54 Å². The van der Waals surface area contributed by atoms with E-state index in [1.807, 2.05) is 24.3 Å². The predicted octanol–water partition coefficient (Wildman–Crippen LogP) is 3.33. The molecule has 0 saturated heterocycles. The van der Waals surface area contributed by atoms with E-state index in [-0.39, 0.29) is 18.2 Å². The maximum Gasteiger partial charge on any atom is 0.123 e. The van der Waals surface area contributed by atoms with Crippen LogP contribution in [0.3, 0.4) is 0 Å². The van der Waals surface area contributed by atoms with Gasteiger partial charge in [-0.25, -0.2) is 4.39 Å². The van der Waals surface area contributed by atoms with Crippen LogP contribution in [-0.4, -0.2) is 6.54 Å². The Hall–Kier alpha value is -1.58. The Kier molecular flexibility index (Phi) is 6.33. The minimum absolute atomic E-state index is 0. The molecular formula is C15H17ClFNO. The molecule has 0 aromatic heterocycles. The molecule has 4 heteroatoms. The maximum absolute atomic E-state index is 12.7. The number of hydrogen-bond donors (Lipinski definition) is 1. The lowest BCUT2D eigenvalue weighted by Crippen LogP contribution is -2.02. The molecule has 0 saturated carbocycles. The number of ether oxygens (including phenoxy) is 1. The Bertz CT molecular complexity index is 485. The number of hydrogen-bond acceptors (Lipinski definition) is 2. The van der Waals surface area contributed by atoms with Crippen molar-refractivity contribution in [3.05, 3.63) is 65.5 Å². The van der Waals surface area contributed by atoms with E-state index in [1.54, 1.807) is 12.1 Å². The number of halogens is 2. The first kappa shape index (κ1) is 15.5. The lowest BCUT2D eigenvalue weighted by Gasteiger charge is -2.07. The van der Waals surface area contributed by atoms with Crippen LogP contribution in [0.1, 0.15) is 11.1 Å². The smallest absolute Gasteiger partial charge is 0.123 e. The van der Waals surface area contributed by atoms with Gasteiger partial charge in [0, 0.05) is 0 Å². The van der Waals surface area contributed by atoms with Gasteiger partial charge in [0.2, 0.25) is 0 Å². The molecule has 0 aliphatic heterocycles. The van der Waals surface area contributed by atoms with Crippen LogP contribution in [0.4, 0.5) is 4.39 Å². The van der Waals surface area contributed by atoms with Gasteiger partial charge >= 0.3 is 0 Å². The highest BCUT2D eigenvalue weighted by Crippen LogP contribution is 2.14. The molecule has 0 amide bonds. The molecule has 2 rings (SSSR count). The van der Waals surface area contributed by atoms with E-state index in [9.17, 15) is 4.39 Å². The van der Waals surface area contributed by atoms with Gasteiger partial charge in [0.05, 0.1) is 0 Å². The molecule has 0 atom stereocenters. The largest absolute Gasteiger partial charge is 0.489 e. The van der Waals surface area contributed by atoms with Crippen molar-refractivity contribution in [3.63, 3.8) is 0 Å². The van der Waals surface area contributed by atoms with Crippen LogP contribution in [0.25, 0.3) is 0 Å². The summed E-state index contributed by atoms with van der Waals surface area (Å²) in [6.45, 7) is 1.09. The van der Waals surface area contributed by atoms with Crippen LogP contribution >= 0.6 is 12.4 Å². The second kappa shape index (κ2) is 7.77. The van der Waals surface area contributed by atoms with Crippen LogP contribution in [0, 0.1) is 5.82 Å². The number of nitrogens with two attached hydrogens (primary N) is 1. The normalized spacial score (nSPS) is 9.79. The van der Waals surface area contributed by atoms with Gasteiger partial charge in [-0.3, -0.25) is 0 Å². The first-order valence-electron chi connectivity index (χ1n) is 5.94. The molecule has 0 heterocycles. The Labute approximate surface area is 118 Å². The second-order valence-electron chi connectivity index (χ2n) is 4.10. The van der Waals surface area contributed by atoms with Crippen LogP contribution in [0.5, 0.6) is 5.75 Å². The van der Waals surface area contributed by atoms with Crippen molar-refractivity contribution in [1.82, 2.24) is 0 Å². The summed E-state index contributed by atoms with van der Waals surface area (Å²) < 4.78 is 18.3. The van der Waals surface area contributed by atoms with E-state index >= 15 is 0 Å². The van der Waals surface area contributed by atoms with E-state index in [0.29, 0.717) is 13.2 Å². The fourth-order valence-electron chi connectivity index (χ4n) is 1.67. The van der Waals surface area contributed by atoms with E-state index in [4.69, 9.17) is 10.5 Å². The number of rotatable bonds is 5. The standard InChI is InChI=1S/C15H16FNO.ClH/c16-14-5-1-13(2-6-14)11-18-15-7-3-12(4-8-15)9-10-17;/h1-8H,9-11,17H2;1H. The summed E-state index contributed by atoms with van der Waals surface area (Å²) in [4.78, 5) is 0. The van der Waals surface area contributed by atoms with Gasteiger partial charge in [0.1, 0.15) is 18.2 Å². The Balaban J connectivity index is 0.00000180. The molecule has 2 nitrogen and oxygen atoms in total. The second-order valence-corrected chi connectivity index (χ2v) is 4.10. The molecule has 0 spiro atoms. The van der Waals surface area contributed by atoms with Gasteiger partial charge in [0.25, 0.3) is 0 Å². The van der Waals surface area contributed by atoms with Crippen LogP contribution in [0.15, 0.2) is 48.5 Å². The van der Waals surface area contributed by atoms with Crippen molar-refractivity contribution in [2.24, 2.45) is 5.73 Å². The van der Waals surface area contributed by atoms with Gasteiger partial charge in [-0.2, -0.15) is 0 Å². The van der Waals surface area contributed by atoms with Crippen molar-refractivity contribution in [3.8, 4) is 5.75 Å². The Morgan fingerprint density at radius 3 is 2.05 bits per heavy atom. The molecule has 0 aliphatic rings. The first-order chi connectivity index (χ1) is 8.78. The zero-order chi connectivity index (χ0) is 12.8. The molecule has 2 aromatic carbocycles. The van der Waals surface area contributed by atoms with Crippen molar-refractivity contribution >= 4 is 12.4 Å². The molecule has 0 bridgehead atoms. The summed E-state index contributed by atoms with van der Waals surface area (Å²) in [5.74, 6) is 0.574. The van der Waals surface area contributed by atoms with Gasteiger partial charge in [0.15, 0.2) is 0 Å². The summed E-state index contributed by atoms with van der Waals surface area (Å²) in [5.41, 5.74) is 7.63. The van der Waals surface area contributed by atoms with E-state index in [2.05, 4.69) is 0 Å². The predicted molar refractivity (Wildman–Crippen MR) is 77.2 cm³/mol. The zero-order valence-electron chi connectivity index (χ0n) is 10.5. The molecule has 2 N–H and O–H groups in total. The minimum atomic E-state index is -0.232. The fraction of sp³-hybridized carbons (Fsp3) is 0.200. The molecule has 2 aromatic rings. The lowest BCUT2D eigenvalue weighted by molar-refractivity contribution is 0.306. The van der Waals surface area contributed by atoms with Crippen LogP contribution in [0.2, 0.25) is 0 Å². The van der Waals surface area contributed by atoms with Crippen LogP contribution < -0.4 is 10.5 Å². The Morgan fingerprint density at radius 2 is 1.47 bits per heavy atom. The van der Waals surface area contributed by atoms with Gasteiger partial charge < -0.3 is 10.5 Å². The number of benzene rings is 2. The van der Waals surface area contributed by atoms with Crippen LogP contribution in [-0.2, 0) is 13.0 Å². The summed E-state index contributed by atoms with van der Waals surface area (Å²) in [5, 5.41) is 0. The van der Waals surface area contributed by atoms with E-state index in [0.717, 1.165) is 17.7 Å². The fourth-order valence-corrected chi connectivity index (χ4v) is 1.67. The molecule has 0 radical (unpaired) electrons. The molecular weight excluding hydrogens is 265 g/mol. The highest BCUT2D eigenvalue weighted by molar-refractivity contribution is 5.85. The SMILES string of the molecule is Cl.NCCc1ccc(OCc2ccc(F)cc2)cc1. The molecule has 0 aliphatic carbocycles. The van der Waals surface area contributed by atoms with Crippen molar-refractivity contribution < 1.29 is 9.13 Å². The average Bonchev–Trinajstić information content (AvgIpc) is 2.40. The zero-order valence-corrected chi connectivity index (χ0v) is 11.3. The monoisotopic (exact) mass is 281 g/mol. The van der Waals surface area contributed by atoms with Crippen molar-refractivity contribution in [2.45, 2.75) is 13.0 Å². The van der Waals surface area contributed by atoms with E-state index < -0.39 is 0 Å². The molecule has 19 heavy (non-hydrogen) atoms. The third-order valence-electron chi connectivity index (χ3n) is 2.68. The third-order valence-corrected chi connectivity index (χ3v) is 2.68.